The van der Waals surface area contributed by atoms with E-state index in [1.165, 1.54) is 11.8 Å². The van der Waals surface area contributed by atoms with Gasteiger partial charge in [0.2, 0.25) is 5.91 Å². The van der Waals surface area contributed by atoms with E-state index in [1.54, 1.807) is 30.3 Å². The molecule has 0 saturated carbocycles. The fourth-order valence-corrected chi connectivity index (χ4v) is 3.55. The number of hydrogen-bond acceptors (Lipinski definition) is 5. The van der Waals surface area contributed by atoms with Gasteiger partial charge in [-0.3, -0.25) is 9.59 Å². The predicted molar refractivity (Wildman–Crippen MR) is 127 cm³/mol. The van der Waals surface area contributed by atoms with Crippen molar-refractivity contribution < 1.29 is 14.3 Å². The Morgan fingerprint density at radius 1 is 0.939 bits per heavy atom. The van der Waals surface area contributed by atoms with E-state index in [4.69, 9.17) is 0 Å². The number of rotatable bonds is 6. The quantitative estimate of drug-likeness (QED) is 0.453. The molecule has 4 rings (SSSR count). The molecule has 166 valence electrons. The zero-order valence-electron chi connectivity index (χ0n) is 18.4. The van der Waals surface area contributed by atoms with Gasteiger partial charge >= 0.3 is 5.97 Å². The van der Waals surface area contributed by atoms with Crippen molar-refractivity contribution in [3.05, 3.63) is 94.3 Å². The second kappa shape index (κ2) is 9.48. The molecule has 0 unspecified atom stereocenters. The van der Waals surface area contributed by atoms with Gasteiger partial charge in [-0.2, -0.15) is 5.10 Å². The summed E-state index contributed by atoms with van der Waals surface area (Å²) in [7, 11) is 1.31. The highest BCUT2D eigenvalue weighted by Gasteiger charge is 2.13. The van der Waals surface area contributed by atoms with Gasteiger partial charge in [-0.25, -0.2) is 9.48 Å². The molecule has 1 heterocycles. The van der Waals surface area contributed by atoms with Crippen molar-refractivity contribution in [1.82, 2.24) is 9.78 Å². The van der Waals surface area contributed by atoms with Gasteiger partial charge in [0.15, 0.2) is 0 Å². The van der Waals surface area contributed by atoms with Crippen molar-refractivity contribution in [2.24, 2.45) is 0 Å². The van der Waals surface area contributed by atoms with Crippen molar-refractivity contribution in [3.8, 4) is 11.3 Å². The van der Waals surface area contributed by atoms with Gasteiger partial charge in [0, 0.05) is 23.1 Å². The van der Waals surface area contributed by atoms with E-state index in [2.05, 4.69) is 15.2 Å². The van der Waals surface area contributed by atoms with Gasteiger partial charge < -0.3 is 10.1 Å². The molecule has 7 heteroatoms. The highest BCUT2D eigenvalue weighted by atomic mass is 16.5. The lowest BCUT2D eigenvalue weighted by Gasteiger charge is -2.12. The highest BCUT2D eigenvalue weighted by molar-refractivity contribution is 5.94. The van der Waals surface area contributed by atoms with E-state index in [0.29, 0.717) is 22.3 Å². The predicted octanol–water partition coefficient (Wildman–Crippen LogP) is 4.19. The number of carbonyl (C=O) groups excluding carboxylic acids is 2. The van der Waals surface area contributed by atoms with Crippen LogP contribution in [0.4, 0.5) is 5.69 Å². The number of aryl methyl sites for hydroxylation is 2. The average Bonchev–Trinajstić information content (AvgIpc) is 2.84. The molecule has 0 atom stereocenters. The Kier molecular flexibility index (Phi) is 6.31. The summed E-state index contributed by atoms with van der Waals surface area (Å²) >= 11 is 0. The molecule has 0 bridgehead atoms. The Morgan fingerprint density at radius 2 is 1.61 bits per heavy atom. The van der Waals surface area contributed by atoms with E-state index in [-0.39, 0.29) is 24.4 Å². The van der Waals surface area contributed by atoms with Crippen molar-refractivity contribution in [1.29, 1.82) is 0 Å². The lowest BCUT2D eigenvalue weighted by molar-refractivity contribution is -0.116. The Balaban J connectivity index is 1.55. The van der Waals surface area contributed by atoms with E-state index in [0.717, 1.165) is 16.5 Å². The van der Waals surface area contributed by atoms with Crippen LogP contribution in [0.1, 0.15) is 22.3 Å². The minimum Gasteiger partial charge on any atom is -0.465 e. The zero-order chi connectivity index (χ0) is 23.4. The summed E-state index contributed by atoms with van der Waals surface area (Å²) in [6.45, 7) is 2.15. The maximum absolute atomic E-state index is 13.0. The molecule has 7 nitrogen and oxygen atoms in total. The first-order chi connectivity index (χ1) is 16.0. The smallest absolute Gasteiger partial charge is 0.337 e. The van der Waals surface area contributed by atoms with Gasteiger partial charge in [-0.1, -0.05) is 48.0 Å². The Labute approximate surface area is 190 Å². The molecule has 0 fully saturated rings. The van der Waals surface area contributed by atoms with Gasteiger partial charge in [0.25, 0.3) is 5.56 Å². The molecule has 1 N–H and O–H groups in total. The van der Waals surface area contributed by atoms with Gasteiger partial charge in [0.05, 0.1) is 30.3 Å². The van der Waals surface area contributed by atoms with Crippen molar-refractivity contribution in [2.45, 2.75) is 19.9 Å². The van der Waals surface area contributed by atoms with Crippen LogP contribution in [0.2, 0.25) is 0 Å². The molecule has 3 aromatic carbocycles. The van der Waals surface area contributed by atoms with Crippen molar-refractivity contribution >= 4 is 28.3 Å². The molecule has 1 aromatic heterocycles. The third-order valence-electron chi connectivity index (χ3n) is 5.33. The summed E-state index contributed by atoms with van der Waals surface area (Å²) in [4.78, 5) is 37.0. The molecule has 0 spiro atoms. The standard InChI is InChI=1S/C26H23N3O4/c1-17-7-9-18(10-8-17)24-21-5-3-4-6-22(21)25(31)29(28-24)16-15-23(30)27-20-13-11-19(12-14-20)26(32)33-2/h3-14H,15-16H2,1-2H3,(H,27,30). The largest absolute Gasteiger partial charge is 0.465 e. The number of fused-ring (bicyclic) bond motifs is 1. The molecular formula is C26H23N3O4. The molecule has 1 amide bonds. The molecule has 0 radical (unpaired) electrons. The van der Waals surface area contributed by atoms with E-state index >= 15 is 0 Å². The monoisotopic (exact) mass is 441 g/mol. The molecule has 0 aliphatic rings. The van der Waals surface area contributed by atoms with E-state index in [1.807, 2.05) is 49.4 Å². The first-order valence-corrected chi connectivity index (χ1v) is 10.5. The number of amides is 1. The lowest BCUT2D eigenvalue weighted by Crippen LogP contribution is -2.26. The molecule has 33 heavy (non-hydrogen) atoms. The highest BCUT2D eigenvalue weighted by Crippen LogP contribution is 2.25. The average molecular weight is 441 g/mol. The number of benzene rings is 3. The number of aromatic nitrogens is 2. The number of nitrogens with one attached hydrogen (secondary N) is 1. The normalized spacial score (nSPS) is 10.7. The first-order valence-electron chi connectivity index (χ1n) is 10.5. The van der Waals surface area contributed by atoms with Gasteiger partial charge in [-0.05, 0) is 37.3 Å². The van der Waals surface area contributed by atoms with Crippen molar-refractivity contribution in [3.63, 3.8) is 0 Å². The Morgan fingerprint density at radius 3 is 2.27 bits per heavy atom. The molecule has 0 aliphatic carbocycles. The second-order valence-corrected chi connectivity index (χ2v) is 7.66. The summed E-state index contributed by atoms with van der Waals surface area (Å²) in [5, 5.41) is 8.70. The maximum atomic E-state index is 13.0. The number of methoxy groups -OCH3 is 1. The van der Waals surface area contributed by atoms with Crippen LogP contribution < -0.4 is 10.9 Å². The van der Waals surface area contributed by atoms with Crippen LogP contribution >= 0.6 is 0 Å². The fourth-order valence-electron chi connectivity index (χ4n) is 3.55. The molecular weight excluding hydrogens is 418 g/mol. The van der Waals surface area contributed by atoms with Crippen LogP contribution in [0, 0.1) is 6.92 Å². The number of hydrogen-bond donors (Lipinski definition) is 1. The van der Waals surface area contributed by atoms with Crippen molar-refractivity contribution in [2.75, 3.05) is 12.4 Å². The summed E-state index contributed by atoms with van der Waals surface area (Å²) in [5.74, 6) is -0.710. The van der Waals surface area contributed by atoms with Crippen LogP contribution in [-0.2, 0) is 16.1 Å². The third kappa shape index (κ3) is 4.82. The van der Waals surface area contributed by atoms with E-state index in [9.17, 15) is 14.4 Å². The number of esters is 1. The van der Waals surface area contributed by atoms with Crippen LogP contribution in [0.15, 0.2) is 77.6 Å². The minimum atomic E-state index is -0.445. The minimum absolute atomic E-state index is 0.0668. The van der Waals surface area contributed by atoms with Crippen LogP contribution in [0.25, 0.3) is 22.0 Å². The van der Waals surface area contributed by atoms with Gasteiger partial charge in [-0.15, -0.1) is 0 Å². The lowest BCUT2D eigenvalue weighted by atomic mass is 10.0. The van der Waals surface area contributed by atoms with Crippen LogP contribution in [0.3, 0.4) is 0 Å². The third-order valence-corrected chi connectivity index (χ3v) is 5.33. The maximum Gasteiger partial charge on any atom is 0.337 e. The molecule has 0 saturated heterocycles. The summed E-state index contributed by atoms with van der Waals surface area (Å²) < 4.78 is 6.01. The topological polar surface area (TPSA) is 90.3 Å². The summed E-state index contributed by atoms with van der Waals surface area (Å²) in [5.41, 5.74) is 3.44. The van der Waals surface area contributed by atoms with Crippen LogP contribution in [-0.4, -0.2) is 28.8 Å². The molecule has 4 aromatic rings. The number of anilines is 1. The summed E-state index contributed by atoms with van der Waals surface area (Å²) in [6, 6.07) is 21.7. The summed E-state index contributed by atoms with van der Waals surface area (Å²) in [6.07, 6.45) is 0.0668. The SMILES string of the molecule is COC(=O)c1ccc(NC(=O)CCn2nc(-c3ccc(C)cc3)c3ccccc3c2=O)cc1. The fraction of sp³-hybridized carbons (Fsp3) is 0.154. The number of nitrogens with zero attached hydrogens (tertiary/aromatic N) is 2. The second-order valence-electron chi connectivity index (χ2n) is 7.66. The number of ether oxygens (including phenoxy) is 1. The Bertz CT molecular complexity index is 1370. The molecule has 0 aliphatic heterocycles. The zero-order valence-corrected chi connectivity index (χ0v) is 18.4. The van der Waals surface area contributed by atoms with Crippen LogP contribution in [0.5, 0.6) is 0 Å². The van der Waals surface area contributed by atoms with E-state index < -0.39 is 5.97 Å². The Hall–Kier alpha value is -4.26. The van der Waals surface area contributed by atoms with Gasteiger partial charge in [0.1, 0.15) is 0 Å². The first kappa shape index (κ1) is 22.0. The number of carbonyl (C=O) groups is 2.